The van der Waals surface area contributed by atoms with E-state index >= 15 is 4.79 Å². The molecule has 23 heteroatoms. The van der Waals surface area contributed by atoms with Crippen molar-refractivity contribution in [1.82, 2.24) is 16.0 Å². The van der Waals surface area contributed by atoms with Gasteiger partial charge in [-0.05, 0) is 68.4 Å². The van der Waals surface area contributed by atoms with Gasteiger partial charge in [0, 0.05) is 62.1 Å². The van der Waals surface area contributed by atoms with E-state index in [1.54, 1.807) is 20.8 Å². The number of methoxy groups -OCH3 is 1. The van der Waals surface area contributed by atoms with Crippen molar-refractivity contribution in [3.05, 3.63) is 94.1 Å². The van der Waals surface area contributed by atoms with Gasteiger partial charge in [-0.15, -0.1) is 0 Å². The van der Waals surface area contributed by atoms with Gasteiger partial charge in [0.2, 0.25) is 29.5 Å². The van der Waals surface area contributed by atoms with Gasteiger partial charge < -0.3 is 51.1 Å². The monoisotopic (exact) mass is 1140 g/mol. The molecule has 3 aromatic carbocycles. The SMILES string of the molecule is CCCCCCCCC[C@H](CC(=O)N[C@@H](CC(N)=O)C(=O)N[C@@H](CCC(N)=O)C(=O)N[C@@H](CC(C)C)C1=C(c2c(OC(C)=O)cccc2OC(C)=O)c2c(OC(C)=O)cc(C)cc2C1=O)OC(=O)[C@@](OC)(c1ccccc1)C(F)(F)F. The summed E-state index contributed by atoms with van der Waals surface area (Å²) >= 11 is 0. The van der Waals surface area contributed by atoms with Crippen molar-refractivity contribution in [2.75, 3.05) is 7.11 Å². The molecule has 0 heterocycles. The number of Topliss-reactive ketones (excluding diaryl/α,β-unsaturated/α-hetero) is 1. The van der Waals surface area contributed by atoms with Crippen molar-refractivity contribution >= 4 is 64.8 Å². The van der Waals surface area contributed by atoms with Gasteiger partial charge in [0.1, 0.15) is 35.4 Å². The lowest BCUT2D eigenvalue weighted by molar-refractivity contribution is -0.278. The summed E-state index contributed by atoms with van der Waals surface area (Å²) in [4.78, 5) is 135. The average Bonchev–Trinajstić information content (AvgIpc) is 3.73. The normalized spacial score (nSPS) is 14.3. The molecule has 7 N–H and O–H groups in total. The number of rotatable bonds is 31. The molecule has 81 heavy (non-hydrogen) atoms. The number of aryl methyl sites for hydroxylation is 1. The molecule has 440 valence electrons. The predicted octanol–water partition coefficient (Wildman–Crippen LogP) is 6.96. The van der Waals surface area contributed by atoms with Crippen LogP contribution in [0.2, 0.25) is 0 Å². The number of unbranched alkanes of at least 4 members (excludes halogenated alkanes) is 6. The van der Waals surface area contributed by atoms with Crippen LogP contribution in [-0.2, 0) is 58.2 Å². The van der Waals surface area contributed by atoms with Crippen LogP contribution in [0.1, 0.15) is 158 Å². The van der Waals surface area contributed by atoms with Gasteiger partial charge in [-0.2, -0.15) is 13.2 Å². The summed E-state index contributed by atoms with van der Waals surface area (Å²) in [6, 6.07) is 8.18. The number of carbonyl (C=O) groups is 10. The highest BCUT2D eigenvalue weighted by Crippen LogP contribution is 2.50. The third-order valence-corrected chi connectivity index (χ3v) is 13.0. The van der Waals surface area contributed by atoms with Crippen LogP contribution in [0.15, 0.2) is 66.2 Å². The Kier molecular flexibility index (Phi) is 24.3. The van der Waals surface area contributed by atoms with Crippen LogP contribution >= 0.6 is 0 Å². The zero-order valence-electron chi connectivity index (χ0n) is 46.8. The van der Waals surface area contributed by atoms with Crippen molar-refractivity contribution in [3.8, 4) is 17.2 Å². The molecule has 0 unspecified atom stereocenters. The quantitative estimate of drug-likeness (QED) is 0.0247. The molecular formula is C58H72F3N5O15. The van der Waals surface area contributed by atoms with Gasteiger partial charge in [-0.25, -0.2) is 4.79 Å². The molecule has 0 fully saturated rings. The van der Waals surface area contributed by atoms with Crippen LogP contribution in [0.5, 0.6) is 17.2 Å². The molecule has 0 saturated carbocycles. The zero-order chi connectivity index (χ0) is 60.4. The van der Waals surface area contributed by atoms with Crippen LogP contribution in [0.3, 0.4) is 0 Å². The summed E-state index contributed by atoms with van der Waals surface area (Å²) < 4.78 is 72.1. The number of primary amides is 2. The number of amides is 5. The minimum absolute atomic E-state index is 0.00408. The number of carbonyl (C=O) groups excluding carboxylic acids is 10. The Hall–Kier alpha value is -7.95. The summed E-state index contributed by atoms with van der Waals surface area (Å²) in [6.45, 7) is 10.5. The molecule has 1 aliphatic carbocycles. The first-order valence-corrected chi connectivity index (χ1v) is 26.6. The number of ketones is 1. The number of hydrogen-bond acceptors (Lipinski definition) is 15. The number of nitrogens with two attached hydrogens (primary N) is 2. The Balaban J connectivity index is 1.79. The minimum Gasteiger partial charge on any atom is -0.459 e. The van der Waals surface area contributed by atoms with Crippen LogP contribution in [0.25, 0.3) is 5.57 Å². The second kappa shape index (κ2) is 30.0. The van der Waals surface area contributed by atoms with Gasteiger partial charge >= 0.3 is 30.1 Å². The number of esters is 4. The van der Waals surface area contributed by atoms with E-state index in [0.29, 0.717) is 25.5 Å². The van der Waals surface area contributed by atoms with E-state index in [1.165, 1.54) is 48.5 Å². The average molecular weight is 1140 g/mol. The molecule has 5 amide bonds. The van der Waals surface area contributed by atoms with Crippen LogP contribution in [0, 0.1) is 12.8 Å². The Bertz CT molecular complexity index is 2820. The number of nitrogens with one attached hydrogen (secondary N) is 3. The molecule has 0 bridgehead atoms. The Morgan fingerprint density at radius 3 is 1.75 bits per heavy atom. The molecule has 1 aliphatic rings. The first-order chi connectivity index (χ1) is 38.1. The number of hydrogen-bond donors (Lipinski definition) is 5. The fourth-order valence-corrected chi connectivity index (χ4v) is 9.49. The van der Waals surface area contributed by atoms with Gasteiger partial charge in [0.25, 0.3) is 5.60 Å². The van der Waals surface area contributed by atoms with Crippen molar-refractivity contribution in [3.63, 3.8) is 0 Å². The zero-order valence-corrected chi connectivity index (χ0v) is 46.8. The molecular weight excluding hydrogens is 1060 g/mol. The second-order valence-corrected chi connectivity index (χ2v) is 20.2. The highest BCUT2D eigenvalue weighted by molar-refractivity contribution is 6.25. The molecule has 0 aromatic heterocycles. The summed E-state index contributed by atoms with van der Waals surface area (Å²) in [5, 5.41) is 7.56. The maximum absolute atomic E-state index is 15.1. The Morgan fingerprint density at radius 1 is 0.654 bits per heavy atom. The molecule has 4 rings (SSSR count). The van der Waals surface area contributed by atoms with Crippen LogP contribution in [0.4, 0.5) is 13.2 Å². The molecule has 0 aliphatic heterocycles. The molecule has 0 saturated heterocycles. The summed E-state index contributed by atoms with van der Waals surface area (Å²) in [7, 11) is 0.690. The van der Waals surface area contributed by atoms with Gasteiger partial charge in [-0.1, -0.05) is 95.7 Å². The van der Waals surface area contributed by atoms with E-state index < -0.39 is 126 Å². The lowest BCUT2D eigenvalue weighted by atomic mass is 9.88. The van der Waals surface area contributed by atoms with E-state index in [-0.39, 0.29) is 63.8 Å². The van der Waals surface area contributed by atoms with Crippen molar-refractivity contribution < 1.29 is 84.8 Å². The van der Waals surface area contributed by atoms with Crippen molar-refractivity contribution in [2.45, 2.75) is 168 Å². The second-order valence-electron chi connectivity index (χ2n) is 20.2. The number of ether oxygens (including phenoxy) is 5. The van der Waals surface area contributed by atoms with E-state index in [9.17, 15) is 56.3 Å². The highest BCUT2D eigenvalue weighted by atomic mass is 19.4. The lowest BCUT2D eigenvalue weighted by Crippen LogP contribution is -2.56. The van der Waals surface area contributed by atoms with Gasteiger partial charge in [0.15, 0.2) is 5.78 Å². The number of fused-ring (bicyclic) bond motifs is 1. The van der Waals surface area contributed by atoms with E-state index in [1.807, 2.05) is 6.92 Å². The van der Waals surface area contributed by atoms with Crippen LogP contribution < -0.4 is 41.6 Å². The lowest BCUT2D eigenvalue weighted by Gasteiger charge is -2.33. The molecule has 5 atom stereocenters. The van der Waals surface area contributed by atoms with Crippen molar-refractivity contribution in [2.24, 2.45) is 17.4 Å². The summed E-state index contributed by atoms with van der Waals surface area (Å²) in [6.07, 6.45) is -4.33. The van der Waals surface area contributed by atoms with Gasteiger partial charge in [0.05, 0.1) is 24.4 Å². The number of halogens is 3. The van der Waals surface area contributed by atoms with Crippen molar-refractivity contribution in [1.29, 1.82) is 0 Å². The summed E-state index contributed by atoms with van der Waals surface area (Å²) in [5.41, 5.74) is 6.93. The summed E-state index contributed by atoms with van der Waals surface area (Å²) in [5.74, 6) is -11.2. The first kappa shape index (κ1) is 65.6. The smallest absolute Gasteiger partial charge is 0.432 e. The van der Waals surface area contributed by atoms with E-state index in [2.05, 4.69) is 16.0 Å². The molecule has 20 nitrogen and oxygen atoms in total. The number of benzene rings is 3. The van der Waals surface area contributed by atoms with Crippen LogP contribution in [-0.4, -0.2) is 96.7 Å². The number of alkyl halides is 3. The third-order valence-electron chi connectivity index (χ3n) is 13.0. The maximum Gasteiger partial charge on any atom is 0.432 e. The molecule has 3 aromatic rings. The highest BCUT2D eigenvalue weighted by Gasteiger charge is 2.64. The van der Waals surface area contributed by atoms with E-state index in [4.69, 9.17) is 35.2 Å². The Labute approximate surface area is 467 Å². The largest absolute Gasteiger partial charge is 0.459 e. The third kappa shape index (κ3) is 18.0. The van der Waals surface area contributed by atoms with E-state index in [0.717, 1.165) is 65.0 Å². The fourth-order valence-electron chi connectivity index (χ4n) is 9.49. The van der Waals surface area contributed by atoms with Gasteiger partial charge in [-0.3, -0.25) is 43.2 Å². The molecule has 0 spiro atoms. The minimum atomic E-state index is -5.35. The Morgan fingerprint density at radius 2 is 1.22 bits per heavy atom. The first-order valence-electron chi connectivity index (χ1n) is 26.6. The predicted molar refractivity (Wildman–Crippen MR) is 288 cm³/mol. The maximum atomic E-state index is 15.1. The fraction of sp³-hybridized carbons (Fsp3) is 0.483. The topological polar surface area (TPSA) is 305 Å². The standard InChI is InChI=1S/C58H72F3N5O15/c1-9-10-11-12-13-14-18-22-38(81-56(76)57(77-8,58(59,60)61)37-20-16-15-17-21-37)30-48(72)64-42(31-47(63)71)55(75)65-40(25-26-46(62)70)54(74)66-41(27-32(2)3)50-52(49-39(53(50)73)28-33(4)29-45(49)80-36(7)69)51-43(78-34(5)67)23-19-24-44(51)79-35(6)68/h15-17,19-21,23-24,28-29,32,38,40-42H,9-14,18,22,25-27,30-31H2,1-8H3,(H2,62,70)(H2,63,71)(H,64,72)(H,65,75)(H,66,74)/t38-,40+,41+,42+,57+/m1/s1. The molecule has 0 radical (unpaired) electrons.